The van der Waals surface area contributed by atoms with Crippen LogP contribution in [-0.2, 0) is 9.59 Å². The molecule has 1 heterocycles. The van der Waals surface area contributed by atoms with Gasteiger partial charge in [-0.05, 0) is 26.2 Å². The maximum absolute atomic E-state index is 11.9. The van der Waals surface area contributed by atoms with E-state index in [9.17, 15) is 9.59 Å². The van der Waals surface area contributed by atoms with Gasteiger partial charge in [-0.15, -0.1) is 0 Å². The van der Waals surface area contributed by atoms with Crippen LogP contribution in [0.3, 0.4) is 0 Å². The molecular weight excluding hydrogens is 218 g/mol. The summed E-state index contributed by atoms with van der Waals surface area (Å²) >= 11 is 0. The van der Waals surface area contributed by atoms with Crippen molar-refractivity contribution in [3.05, 3.63) is 0 Å². The Kier molecular flexibility index (Phi) is 5.97. The lowest BCUT2D eigenvalue weighted by atomic mass is 10.2. The van der Waals surface area contributed by atoms with Crippen molar-refractivity contribution in [3.63, 3.8) is 0 Å². The lowest BCUT2D eigenvalue weighted by molar-refractivity contribution is -0.132. The number of nitrogens with zero attached hydrogens (tertiary/aromatic N) is 1. The molecule has 17 heavy (non-hydrogen) atoms. The molecule has 1 unspecified atom stereocenters. The predicted octanol–water partition coefficient (Wildman–Crippen LogP) is 0.243. The molecular formula is C12H23N3O2. The van der Waals surface area contributed by atoms with E-state index >= 15 is 0 Å². The number of hydrogen-bond donors (Lipinski definition) is 2. The summed E-state index contributed by atoms with van der Waals surface area (Å²) < 4.78 is 0. The standard InChI is InChI=1S/C12H23N3O2/c1-2-14-11(16)6-3-7-12(17)15-8-4-5-10(15)9-13/h10H,2-9,13H2,1H3,(H,14,16). The molecule has 1 atom stereocenters. The molecule has 0 radical (unpaired) electrons. The summed E-state index contributed by atoms with van der Waals surface area (Å²) in [5, 5.41) is 2.72. The molecule has 0 aromatic heterocycles. The SMILES string of the molecule is CCNC(=O)CCCC(=O)N1CCCC1CN. The highest BCUT2D eigenvalue weighted by Crippen LogP contribution is 2.17. The molecule has 0 saturated carbocycles. The van der Waals surface area contributed by atoms with Crippen LogP contribution in [0.15, 0.2) is 0 Å². The Bertz CT molecular complexity index is 268. The van der Waals surface area contributed by atoms with Gasteiger partial charge in [0, 0.05) is 38.5 Å². The summed E-state index contributed by atoms with van der Waals surface area (Å²) in [5.74, 6) is 0.166. The van der Waals surface area contributed by atoms with Gasteiger partial charge in [-0.25, -0.2) is 0 Å². The molecule has 0 aliphatic carbocycles. The van der Waals surface area contributed by atoms with Crippen LogP contribution in [0.1, 0.15) is 39.0 Å². The molecule has 1 aliphatic rings. The minimum absolute atomic E-state index is 0.0251. The molecule has 1 rings (SSSR count). The largest absolute Gasteiger partial charge is 0.356 e. The Hall–Kier alpha value is -1.10. The van der Waals surface area contributed by atoms with E-state index in [2.05, 4.69) is 5.32 Å². The van der Waals surface area contributed by atoms with Crippen molar-refractivity contribution in [3.8, 4) is 0 Å². The molecule has 0 bridgehead atoms. The molecule has 0 aromatic carbocycles. The van der Waals surface area contributed by atoms with Crippen LogP contribution in [0, 0.1) is 0 Å². The number of nitrogens with two attached hydrogens (primary N) is 1. The topological polar surface area (TPSA) is 75.4 Å². The van der Waals surface area contributed by atoms with E-state index in [1.54, 1.807) is 0 Å². The number of likely N-dealkylation sites (tertiary alicyclic amines) is 1. The van der Waals surface area contributed by atoms with E-state index in [1.807, 2.05) is 11.8 Å². The van der Waals surface area contributed by atoms with Gasteiger partial charge in [0.25, 0.3) is 0 Å². The Labute approximate surface area is 103 Å². The van der Waals surface area contributed by atoms with Crippen LogP contribution in [0.5, 0.6) is 0 Å². The molecule has 5 nitrogen and oxygen atoms in total. The number of carbonyl (C=O) groups excluding carboxylic acids is 2. The van der Waals surface area contributed by atoms with Gasteiger partial charge >= 0.3 is 0 Å². The number of nitrogens with one attached hydrogen (secondary N) is 1. The maximum atomic E-state index is 11.9. The summed E-state index contributed by atoms with van der Waals surface area (Å²) in [7, 11) is 0. The zero-order valence-corrected chi connectivity index (χ0v) is 10.6. The first-order valence-electron chi connectivity index (χ1n) is 6.45. The second-order valence-electron chi connectivity index (χ2n) is 4.43. The fraction of sp³-hybridized carbons (Fsp3) is 0.833. The van der Waals surface area contributed by atoms with E-state index in [0.29, 0.717) is 32.4 Å². The van der Waals surface area contributed by atoms with Gasteiger partial charge in [-0.2, -0.15) is 0 Å². The van der Waals surface area contributed by atoms with Crippen LogP contribution in [0.2, 0.25) is 0 Å². The molecule has 1 aliphatic heterocycles. The number of rotatable bonds is 6. The fourth-order valence-electron chi connectivity index (χ4n) is 2.24. The van der Waals surface area contributed by atoms with Gasteiger partial charge in [-0.3, -0.25) is 9.59 Å². The third-order valence-electron chi connectivity index (χ3n) is 3.14. The minimum atomic E-state index is 0.0251. The normalized spacial score (nSPS) is 19.4. The fourth-order valence-corrected chi connectivity index (χ4v) is 2.24. The summed E-state index contributed by atoms with van der Waals surface area (Å²) in [6.07, 6.45) is 3.56. The lowest BCUT2D eigenvalue weighted by Crippen LogP contribution is -2.39. The number of hydrogen-bond acceptors (Lipinski definition) is 3. The number of carbonyl (C=O) groups is 2. The van der Waals surface area contributed by atoms with Crippen molar-refractivity contribution in [1.29, 1.82) is 0 Å². The molecule has 0 aromatic rings. The second kappa shape index (κ2) is 7.27. The van der Waals surface area contributed by atoms with Crippen molar-refractivity contribution >= 4 is 11.8 Å². The zero-order chi connectivity index (χ0) is 12.7. The third kappa shape index (κ3) is 4.34. The first kappa shape index (κ1) is 14.0. The second-order valence-corrected chi connectivity index (χ2v) is 4.43. The van der Waals surface area contributed by atoms with Crippen LogP contribution in [0.25, 0.3) is 0 Å². The Balaban J connectivity index is 2.23. The smallest absolute Gasteiger partial charge is 0.222 e. The Morgan fingerprint density at radius 2 is 2.18 bits per heavy atom. The average Bonchev–Trinajstić information content (AvgIpc) is 2.77. The summed E-state index contributed by atoms with van der Waals surface area (Å²) in [6, 6.07) is 0.215. The minimum Gasteiger partial charge on any atom is -0.356 e. The first-order valence-corrected chi connectivity index (χ1v) is 6.45. The van der Waals surface area contributed by atoms with Gasteiger partial charge in [0.2, 0.25) is 11.8 Å². The van der Waals surface area contributed by atoms with E-state index in [0.717, 1.165) is 19.4 Å². The highest BCUT2D eigenvalue weighted by atomic mass is 16.2. The molecule has 0 spiro atoms. The van der Waals surface area contributed by atoms with Crippen molar-refractivity contribution in [1.82, 2.24) is 10.2 Å². The van der Waals surface area contributed by atoms with E-state index in [-0.39, 0.29) is 17.9 Å². The van der Waals surface area contributed by atoms with Gasteiger partial charge < -0.3 is 16.0 Å². The number of amides is 2. The van der Waals surface area contributed by atoms with Crippen molar-refractivity contribution in [2.75, 3.05) is 19.6 Å². The highest BCUT2D eigenvalue weighted by molar-refractivity contribution is 5.79. The quantitative estimate of drug-likeness (QED) is 0.699. The first-order chi connectivity index (χ1) is 8.19. The van der Waals surface area contributed by atoms with Crippen molar-refractivity contribution in [2.45, 2.75) is 45.1 Å². The average molecular weight is 241 g/mol. The van der Waals surface area contributed by atoms with Crippen LogP contribution in [-0.4, -0.2) is 42.4 Å². The predicted molar refractivity (Wildman–Crippen MR) is 66.3 cm³/mol. The summed E-state index contributed by atoms with van der Waals surface area (Å²) in [6.45, 7) is 3.90. The van der Waals surface area contributed by atoms with Crippen LogP contribution in [0.4, 0.5) is 0 Å². The van der Waals surface area contributed by atoms with Gasteiger partial charge in [-0.1, -0.05) is 0 Å². The van der Waals surface area contributed by atoms with Gasteiger partial charge in [0.1, 0.15) is 0 Å². The van der Waals surface area contributed by atoms with E-state index < -0.39 is 0 Å². The monoisotopic (exact) mass is 241 g/mol. The van der Waals surface area contributed by atoms with Gasteiger partial charge in [0.05, 0.1) is 0 Å². The lowest BCUT2D eigenvalue weighted by Gasteiger charge is -2.23. The molecule has 98 valence electrons. The van der Waals surface area contributed by atoms with E-state index in [1.165, 1.54) is 0 Å². The highest BCUT2D eigenvalue weighted by Gasteiger charge is 2.26. The zero-order valence-electron chi connectivity index (χ0n) is 10.6. The Morgan fingerprint density at radius 1 is 1.41 bits per heavy atom. The molecule has 2 amide bonds. The Morgan fingerprint density at radius 3 is 2.82 bits per heavy atom. The summed E-state index contributed by atoms with van der Waals surface area (Å²) in [5.41, 5.74) is 5.62. The summed E-state index contributed by atoms with van der Waals surface area (Å²) in [4.78, 5) is 25.0. The van der Waals surface area contributed by atoms with E-state index in [4.69, 9.17) is 5.73 Å². The van der Waals surface area contributed by atoms with Crippen molar-refractivity contribution in [2.24, 2.45) is 5.73 Å². The maximum Gasteiger partial charge on any atom is 0.222 e. The molecule has 1 fully saturated rings. The third-order valence-corrected chi connectivity index (χ3v) is 3.14. The van der Waals surface area contributed by atoms with Crippen molar-refractivity contribution < 1.29 is 9.59 Å². The molecule has 5 heteroatoms. The van der Waals surface area contributed by atoms with Gasteiger partial charge in [0.15, 0.2) is 0 Å². The molecule has 1 saturated heterocycles. The van der Waals surface area contributed by atoms with Crippen LogP contribution >= 0.6 is 0 Å². The van der Waals surface area contributed by atoms with Crippen LogP contribution < -0.4 is 11.1 Å². The molecule has 3 N–H and O–H groups in total.